The minimum absolute atomic E-state index is 0. The van der Waals surface area contributed by atoms with E-state index in [1.807, 2.05) is 36.1 Å². The number of likely N-dealkylation sites (tertiary alicyclic amines) is 1. The summed E-state index contributed by atoms with van der Waals surface area (Å²) in [6.07, 6.45) is 13.4. The van der Waals surface area contributed by atoms with Gasteiger partial charge in [0.25, 0.3) is 0 Å². The first-order valence-corrected chi connectivity index (χ1v) is 14.6. The molecule has 48 heavy (non-hydrogen) atoms. The van der Waals surface area contributed by atoms with Crippen LogP contribution in [0.15, 0.2) is 65.6 Å². The van der Waals surface area contributed by atoms with Crippen molar-refractivity contribution in [2.24, 2.45) is 16.8 Å². The number of nitrogens with zero attached hydrogens (tertiary/aromatic N) is 6. The molecule has 1 fully saturated rings. The van der Waals surface area contributed by atoms with Crippen molar-refractivity contribution in [3.63, 3.8) is 0 Å². The number of aryl methyl sites for hydroxylation is 1. The summed E-state index contributed by atoms with van der Waals surface area (Å²) in [4.78, 5) is 32.3. The Morgan fingerprint density at radius 3 is 2.73 bits per heavy atom. The van der Waals surface area contributed by atoms with Crippen LogP contribution >= 0.6 is 0 Å². The monoisotopic (exact) mass is 633 g/mol. The molecule has 3 unspecified atom stereocenters. The normalized spacial score (nSPS) is 18.9. The third-order valence-electron chi connectivity index (χ3n) is 8.15. The molecule has 0 saturated carbocycles. The number of hydrogen-bond acceptors (Lipinski definition) is 7. The van der Waals surface area contributed by atoms with E-state index in [1.54, 1.807) is 6.08 Å². The first-order valence-electron chi connectivity index (χ1n) is 14.6. The number of carbonyl (C=O) groups excluding carboxylic acids is 1. The SMILES string of the molecule is [CH-]=C/C(=C\[C-]=NC=[N-])Oc1ccc(Nc2ncnc3cc4c(nc23)C(C)C2CCC(CO4)CN(C(=O)/C=C/[CH2-])CC2)cc1C.[CH3-].[CH3-].[Li+].[Li+]. The molecule has 244 valence electrons. The van der Waals surface area contributed by atoms with Crippen molar-refractivity contribution in [1.29, 1.82) is 0 Å². The predicted octanol–water partition coefficient (Wildman–Crippen LogP) is 0.914. The number of aliphatic imine (C=N–C) groups is 1. The van der Waals surface area contributed by atoms with Crippen LogP contribution in [0.3, 0.4) is 0 Å². The second-order valence-corrected chi connectivity index (χ2v) is 11.0. The summed E-state index contributed by atoms with van der Waals surface area (Å²) < 4.78 is 12.3. The van der Waals surface area contributed by atoms with Crippen LogP contribution in [0.25, 0.3) is 16.4 Å². The van der Waals surface area contributed by atoms with Gasteiger partial charge in [0.15, 0.2) is 11.7 Å². The third kappa shape index (κ3) is 10.1. The van der Waals surface area contributed by atoms with Gasteiger partial charge < -0.3 is 44.9 Å². The number of nitrogens with one attached hydrogen (secondary N) is 1. The number of pyridine rings is 1. The second-order valence-electron chi connectivity index (χ2n) is 11.0. The van der Waals surface area contributed by atoms with Gasteiger partial charge in [-0.15, -0.1) is 12.2 Å². The zero-order chi connectivity index (χ0) is 31.1. The number of fused-ring (bicyclic) bond motifs is 5. The Bertz CT molecular complexity index is 1640. The van der Waals surface area contributed by atoms with Gasteiger partial charge in [0, 0.05) is 42.4 Å². The summed E-state index contributed by atoms with van der Waals surface area (Å²) in [5.41, 5.74) is 3.86. The standard InChI is InChI=1S/C34H35N7O3.2CH3.2Li/c1-5-7-31(42)41-15-13-25-9-8-24(18-41)19-43-30-17-28-33(40-32(30)23(25)4)34(38-21-37-28)39-26-10-11-29(22(3)16-26)44-27(6-2)12-14-36-20-35;;;;/h2,5-7,10-12,16-17,20-21,23-25H,1,8-9,13,15,18-19H2,3-4H3,(H,37,38,39);2*1H3;;/q-4;2*-1;2*+1/b7-5+,27-12+;;;;. The van der Waals surface area contributed by atoms with Crippen LogP contribution in [0.5, 0.6) is 11.5 Å². The van der Waals surface area contributed by atoms with Crippen molar-refractivity contribution in [1.82, 2.24) is 19.9 Å². The van der Waals surface area contributed by atoms with E-state index in [0.717, 1.165) is 42.0 Å². The summed E-state index contributed by atoms with van der Waals surface area (Å²) in [6, 6.07) is 7.58. The minimum Gasteiger partial charge on any atom is -0.577 e. The van der Waals surface area contributed by atoms with E-state index >= 15 is 0 Å². The number of anilines is 2. The Kier molecular flexibility index (Phi) is 17.5. The number of rotatable bonds is 8. The summed E-state index contributed by atoms with van der Waals surface area (Å²) in [5.74, 6) is 2.91. The second kappa shape index (κ2) is 19.9. The molecule has 12 heteroatoms. The van der Waals surface area contributed by atoms with Crippen LogP contribution in [0.2, 0.25) is 0 Å². The maximum Gasteiger partial charge on any atom is 1.00 e. The van der Waals surface area contributed by atoms with Gasteiger partial charge in [0.05, 0.1) is 17.8 Å². The maximum absolute atomic E-state index is 12.7. The van der Waals surface area contributed by atoms with E-state index in [4.69, 9.17) is 26.4 Å². The summed E-state index contributed by atoms with van der Waals surface area (Å²) >= 11 is 0. The van der Waals surface area contributed by atoms with Crippen LogP contribution in [0.1, 0.15) is 43.4 Å². The first kappa shape index (κ1) is 42.2. The van der Waals surface area contributed by atoms with Gasteiger partial charge in [-0.05, 0) is 55.9 Å². The number of amides is 1. The van der Waals surface area contributed by atoms with Gasteiger partial charge in [-0.2, -0.15) is 6.08 Å². The van der Waals surface area contributed by atoms with E-state index < -0.39 is 0 Å². The van der Waals surface area contributed by atoms with E-state index in [0.29, 0.717) is 60.3 Å². The Morgan fingerprint density at radius 2 is 2.02 bits per heavy atom. The smallest absolute Gasteiger partial charge is 0.577 e. The Hall–Kier alpha value is -3.80. The third-order valence-corrected chi connectivity index (χ3v) is 8.15. The maximum atomic E-state index is 12.7. The van der Waals surface area contributed by atoms with Crippen molar-refractivity contribution in [2.75, 3.05) is 25.0 Å². The van der Waals surface area contributed by atoms with Crippen molar-refractivity contribution in [3.05, 3.63) is 106 Å². The molecule has 0 radical (unpaired) electrons. The molecule has 2 aliphatic heterocycles. The molecule has 2 aromatic heterocycles. The fraction of sp³-hybridized carbons (Fsp3) is 0.306. The number of hydrogen-bond donors (Lipinski definition) is 1. The molecular weight excluding hydrogens is 592 g/mol. The fourth-order valence-corrected chi connectivity index (χ4v) is 5.75. The molecule has 2 bridgehead atoms. The van der Waals surface area contributed by atoms with Gasteiger partial charge >= 0.3 is 37.7 Å². The van der Waals surface area contributed by atoms with Crippen molar-refractivity contribution in [2.45, 2.75) is 39.0 Å². The molecule has 1 saturated heterocycles. The van der Waals surface area contributed by atoms with Crippen LogP contribution in [-0.2, 0) is 4.79 Å². The van der Waals surface area contributed by atoms with Gasteiger partial charge in [-0.25, -0.2) is 40.5 Å². The molecule has 1 amide bonds. The number of benzene rings is 1. The summed E-state index contributed by atoms with van der Waals surface area (Å²) in [5, 5.41) is 12.1. The largest absolute Gasteiger partial charge is 1.00 e. The molecule has 0 spiro atoms. The number of allylic oxidation sites excluding steroid dienone is 3. The molecule has 0 aliphatic carbocycles. The topological polar surface area (TPSA) is 124 Å². The molecule has 4 heterocycles. The average Bonchev–Trinajstić information content (AvgIpc) is 3.04. The number of carbonyl (C=O) groups is 1. The van der Waals surface area contributed by atoms with Crippen molar-refractivity contribution in [3.8, 4) is 11.5 Å². The van der Waals surface area contributed by atoms with E-state index in [1.165, 1.54) is 24.6 Å². The van der Waals surface area contributed by atoms with Gasteiger partial charge in [-0.1, -0.05) is 6.92 Å². The number of ether oxygens (including phenoxy) is 2. The van der Waals surface area contributed by atoms with Crippen LogP contribution in [0, 0.1) is 47.1 Å². The van der Waals surface area contributed by atoms with Gasteiger partial charge in [0.2, 0.25) is 0 Å². The van der Waals surface area contributed by atoms with Crippen molar-refractivity contribution < 1.29 is 52.0 Å². The van der Waals surface area contributed by atoms with E-state index in [2.05, 4.69) is 40.3 Å². The molecule has 1 N–H and O–H groups in total. The molecule has 2 aliphatic rings. The minimum atomic E-state index is -0.000786. The zero-order valence-corrected chi connectivity index (χ0v) is 28.9. The van der Waals surface area contributed by atoms with Gasteiger partial charge in [0.1, 0.15) is 23.3 Å². The summed E-state index contributed by atoms with van der Waals surface area (Å²) in [7, 11) is 0. The Morgan fingerprint density at radius 1 is 1.23 bits per heavy atom. The molecule has 3 aromatic rings. The van der Waals surface area contributed by atoms with Crippen LogP contribution in [-0.4, -0.2) is 58.0 Å². The van der Waals surface area contributed by atoms with Crippen LogP contribution < -0.4 is 52.5 Å². The molecule has 10 nitrogen and oxygen atoms in total. The molecule has 1 aromatic carbocycles. The van der Waals surface area contributed by atoms with Crippen molar-refractivity contribution >= 4 is 41.0 Å². The fourth-order valence-electron chi connectivity index (χ4n) is 5.75. The molecule has 3 atom stereocenters. The molecule has 5 rings (SSSR count). The first-order chi connectivity index (χ1) is 21.4. The predicted molar refractivity (Wildman–Crippen MR) is 185 cm³/mol. The average molecular weight is 634 g/mol. The number of aromatic nitrogens is 3. The summed E-state index contributed by atoms with van der Waals surface area (Å²) in [6.45, 7) is 15.3. The van der Waals surface area contributed by atoms with E-state index in [9.17, 15) is 4.79 Å². The Balaban J connectivity index is 0.00000288. The van der Waals surface area contributed by atoms with E-state index in [-0.39, 0.29) is 70.3 Å². The van der Waals surface area contributed by atoms with Gasteiger partial charge in [-0.3, -0.25) is 11.4 Å². The molecular formula is C36H41Li2N7O3-4. The van der Waals surface area contributed by atoms with Crippen LogP contribution in [0.4, 0.5) is 11.5 Å². The quantitative estimate of drug-likeness (QED) is 0.0745. The Labute approximate surface area is 309 Å². The zero-order valence-electron chi connectivity index (χ0n) is 28.9.